The Labute approximate surface area is 190 Å². The van der Waals surface area contributed by atoms with Gasteiger partial charge in [0.05, 0.1) is 13.4 Å². The van der Waals surface area contributed by atoms with Gasteiger partial charge < -0.3 is 13.7 Å². The molecule has 0 saturated heterocycles. The topological polar surface area (TPSA) is 110 Å². The number of aromatic nitrogens is 6. The minimum Gasteiger partial charge on any atom is -0.497 e. The summed E-state index contributed by atoms with van der Waals surface area (Å²) < 4.78 is 15.5. The zero-order valence-corrected chi connectivity index (χ0v) is 19.2. The highest BCUT2D eigenvalue weighted by Crippen LogP contribution is 2.21. The van der Waals surface area contributed by atoms with Crippen LogP contribution in [0.5, 0.6) is 5.75 Å². The molecule has 4 rings (SSSR count). The molecule has 33 heavy (non-hydrogen) atoms. The highest BCUT2D eigenvalue weighted by Gasteiger charge is 2.20. The fraction of sp³-hybridized carbons (Fsp3) is 0.435. The molecule has 0 aliphatic heterocycles. The molecular weight excluding hydrogens is 424 g/mol. The zero-order chi connectivity index (χ0) is 23.4. The second kappa shape index (κ2) is 9.85. The summed E-state index contributed by atoms with van der Waals surface area (Å²) in [4.78, 5) is 31.0. The Hall–Kier alpha value is -3.69. The van der Waals surface area contributed by atoms with E-state index in [1.54, 1.807) is 42.3 Å². The number of fused-ring (bicyclic) bond motifs is 1. The molecule has 0 aliphatic rings. The Morgan fingerprint density at radius 3 is 2.39 bits per heavy atom. The van der Waals surface area contributed by atoms with Crippen molar-refractivity contribution in [3.8, 4) is 17.2 Å². The molecule has 0 N–H and O–H groups in total. The molecule has 0 spiro atoms. The lowest BCUT2D eigenvalue weighted by Crippen LogP contribution is -2.41. The van der Waals surface area contributed by atoms with Crippen LogP contribution in [0.15, 0.2) is 44.6 Å². The van der Waals surface area contributed by atoms with Crippen LogP contribution in [0.25, 0.3) is 22.6 Å². The Kier molecular flexibility index (Phi) is 6.71. The summed E-state index contributed by atoms with van der Waals surface area (Å²) in [6, 6.07) is 7.19. The van der Waals surface area contributed by atoms with Crippen LogP contribution in [-0.4, -0.2) is 36.0 Å². The summed E-state index contributed by atoms with van der Waals surface area (Å²) in [6.45, 7) is 5.18. The van der Waals surface area contributed by atoms with Crippen LogP contribution in [-0.2, 0) is 19.6 Å². The Morgan fingerprint density at radius 2 is 1.70 bits per heavy atom. The van der Waals surface area contributed by atoms with E-state index in [-0.39, 0.29) is 12.4 Å². The average molecular weight is 453 g/mol. The van der Waals surface area contributed by atoms with Crippen LogP contribution in [0.1, 0.15) is 45.4 Å². The van der Waals surface area contributed by atoms with Crippen molar-refractivity contribution < 1.29 is 9.15 Å². The first-order chi connectivity index (χ1) is 16.1. The van der Waals surface area contributed by atoms with Gasteiger partial charge in [-0.05, 0) is 37.1 Å². The van der Waals surface area contributed by atoms with Gasteiger partial charge >= 0.3 is 5.69 Å². The van der Waals surface area contributed by atoms with E-state index in [1.165, 1.54) is 0 Å². The summed E-state index contributed by atoms with van der Waals surface area (Å²) >= 11 is 0. The monoisotopic (exact) mass is 452 g/mol. The SMILES string of the molecule is CCCCn1cnc2c1c(=O)n(Cc1nnc(-c3ccc(OC)cc3)o1)c(=O)n2CCCC. The molecule has 3 heterocycles. The first-order valence-corrected chi connectivity index (χ1v) is 11.2. The van der Waals surface area contributed by atoms with E-state index in [0.29, 0.717) is 35.9 Å². The van der Waals surface area contributed by atoms with Gasteiger partial charge in [-0.2, -0.15) is 0 Å². The molecule has 0 saturated carbocycles. The van der Waals surface area contributed by atoms with E-state index in [1.807, 2.05) is 4.57 Å². The summed E-state index contributed by atoms with van der Waals surface area (Å²) in [5.74, 6) is 1.20. The lowest BCUT2D eigenvalue weighted by molar-refractivity contribution is 0.415. The number of aryl methyl sites for hydroxylation is 2. The van der Waals surface area contributed by atoms with Crippen molar-refractivity contribution in [2.75, 3.05) is 7.11 Å². The number of imidazole rings is 1. The number of methoxy groups -OCH3 is 1. The molecule has 0 bridgehead atoms. The van der Waals surface area contributed by atoms with E-state index in [0.717, 1.165) is 35.8 Å². The maximum atomic E-state index is 13.4. The van der Waals surface area contributed by atoms with Gasteiger partial charge in [0.15, 0.2) is 11.2 Å². The zero-order valence-electron chi connectivity index (χ0n) is 19.2. The minimum atomic E-state index is -0.425. The standard InChI is InChI=1S/C23H28N6O4/c1-4-6-12-27-15-24-20-19(27)22(30)29(23(31)28(20)13-7-5-2)14-18-25-26-21(33-18)16-8-10-17(32-3)11-9-16/h8-11,15H,4-7,12-14H2,1-3H3. The van der Waals surface area contributed by atoms with E-state index < -0.39 is 11.2 Å². The van der Waals surface area contributed by atoms with Crippen molar-refractivity contribution in [1.29, 1.82) is 0 Å². The van der Waals surface area contributed by atoms with Gasteiger partial charge in [0.25, 0.3) is 5.56 Å². The Bertz CT molecular complexity index is 1350. The van der Waals surface area contributed by atoms with Crippen LogP contribution in [0.3, 0.4) is 0 Å². The summed E-state index contributed by atoms with van der Waals surface area (Å²) in [5, 5.41) is 8.15. The van der Waals surface area contributed by atoms with Crippen LogP contribution < -0.4 is 16.0 Å². The lowest BCUT2D eigenvalue weighted by Gasteiger charge is -2.11. The second-order valence-corrected chi connectivity index (χ2v) is 7.87. The van der Waals surface area contributed by atoms with Crippen molar-refractivity contribution in [1.82, 2.24) is 28.9 Å². The fourth-order valence-electron chi connectivity index (χ4n) is 3.70. The first-order valence-electron chi connectivity index (χ1n) is 11.2. The minimum absolute atomic E-state index is 0.109. The van der Waals surface area contributed by atoms with Crippen molar-refractivity contribution in [2.45, 2.75) is 59.2 Å². The van der Waals surface area contributed by atoms with Crippen molar-refractivity contribution in [2.24, 2.45) is 0 Å². The first kappa shape index (κ1) is 22.5. The van der Waals surface area contributed by atoms with Crippen LogP contribution in [0.4, 0.5) is 0 Å². The summed E-state index contributed by atoms with van der Waals surface area (Å²) in [6.07, 6.45) is 5.26. The Balaban J connectivity index is 1.74. The molecule has 1 aromatic carbocycles. The fourth-order valence-corrected chi connectivity index (χ4v) is 3.70. The van der Waals surface area contributed by atoms with Gasteiger partial charge in [-0.15, -0.1) is 10.2 Å². The number of unbranched alkanes of at least 4 members (excludes halogenated alkanes) is 2. The second-order valence-electron chi connectivity index (χ2n) is 7.87. The van der Waals surface area contributed by atoms with Gasteiger partial charge in [-0.3, -0.25) is 9.36 Å². The Morgan fingerprint density at radius 1 is 0.970 bits per heavy atom. The highest BCUT2D eigenvalue weighted by molar-refractivity contribution is 5.70. The van der Waals surface area contributed by atoms with Crippen molar-refractivity contribution in [3.63, 3.8) is 0 Å². The quantitative estimate of drug-likeness (QED) is 0.364. The molecule has 10 nitrogen and oxygen atoms in total. The molecule has 3 aromatic heterocycles. The van der Waals surface area contributed by atoms with Crippen LogP contribution >= 0.6 is 0 Å². The van der Waals surface area contributed by atoms with Gasteiger partial charge in [0, 0.05) is 18.7 Å². The van der Waals surface area contributed by atoms with Gasteiger partial charge in [-0.1, -0.05) is 26.7 Å². The predicted molar refractivity (Wildman–Crippen MR) is 123 cm³/mol. The lowest BCUT2D eigenvalue weighted by atomic mass is 10.2. The van der Waals surface area contributed by atoms with Gasteiger partial charge in [0.2, 0.25) is 11.8 Å². The largest absolute Gasteiger partial charge is 0.497 e. The number of nitrogens with zero attached hydrogens (tertiary/aromatic N) is 6. The molecule has 0 fully saturated rings. The normalized spacial score (nSPS) is 11.4. The van der Waals surface area contributed by atoms with Crippen molar-refractivity contribution in [3.05, 3.63) is 57.3 Å². The molecule has 10 heteroatoms. The van der Waals surface area contributed by atoms with Crippen LogP contribution in [0.2, 0.25) is 0 Å². The smallest absolute Gasteiger partial charge is 0.333 e. The molecule has 0 aliphatic carbocycles. The number of benzene rings is 1. The molecule has 0 unspecified atom stereocenters. The third-order valence-electron chi connectivity index (χ3n) is 5.57. The highest BCUT2D eigenvalue weighted by atomic mass is 16.5. The number of hydrogen-bond acceptors (Lipinski definition) is 7. The van der Waals surface area contributed by atoms with Crippen LogP contribution in [0, 0.1) is 0 Å². The summed E-state index contributed by atoms with van der Waals surface area (Å²) in [7, 11) is 1.59. The predicted octanol–water partition coefficient (Wildman–Crippen LogP) is 3.07. The molecule has 0 radical (unpaired) electrons. The number of ether oxygens (including phenoxy) is 1. The number of hydrogen-bond donors (Lipinski definition) is 0. The van der Waals surface area contributed by atoms with E-state index in [9.17, 15) is 9.59 Å². The maximum absolute atomic E-state index is 13.4. The van der Waals surface area contributed by atoms with E-state index in [2.05, 4.69) is 29.0 Å². The van der Waals surface area contributed by atoms with E-state index >= 15 is 0 Å². The van der Waals surface area contributed by atoms with Crippen molar-refractivity contribution >= 4 is 11.2 Å². The average Bonchev–Trinajstić information content (AvgIpc) is 3.48. The molecular formula is C23H28N6O4. The molecule has 0 atom stereocenters. The maximum Gasteiger partial charge on any atom is 0.333 e. The number of rotatable bonds is 10. The third-order valence-corrected chi connectivity index (χ3v) is 5.57. The van der Waals surface area contributed by atoms with E-state index in [4.69, 9.17) is 9.15 Å². The molecule has 0 amide bonds. The third kappa shape index (κ3) is 4.46. The summed E-state index contributed by atoms with van der Waals surface area (Å²) in [5.41, 5.74) is 0.742. The van der Waals surface area contributed by atoms with Gasteiger partial charge in [0.1, 0.15) is 12.3 Å². The molecule has 174 valence electrons. The molecule has 4 aromatic rings. The van der Waals surface area contributed by atoms with Gasteiger partial charge in [-0.25, -0.2) is 14.3 Å².